The molecule has 2 rings (SSSR count). The molecule has 0 spiro atoms. The maximum atomic E-state index is 11.9. The van der Waals surface area contributed by atoms with E-state index in [-0.39, 0.29) is 18.3 Å². The van der Waals surface area contributed by atoms with E-state index in [2.05, 4.69) is 11.9 Å². The summed E-state index contributed by atoms with van der Waals surface area (Å²) in [5.74, 6) is 0.113. The van der Waals surface area contributed by atoms with E-state index in [9.17, 15) is 4.79 Å². The van der Waals surface area contributed by atoms with Gasteiger partial charge in [-0.15, -0.1) is 0 Å². The lowest BCUT2D eigenvalue weighted by atomic mass is 10.2. The van der Waals surface area contributed by atoms with Gasteiger partial charge in [0.25, 0.3) is 0 Å². The van der Waals surface area contributed by atoms with Crippen LogP contribution in [0.5, 0.6) is 0 Å². The van der Waals surface area contributed by atoms with Gasteiger partial charge in [-0.2, -0.15) is 0 Å². The highest BCUT2D eigenvalue weighted by atomic mass is 35.5. The van der Waals surface area contributed by atoms with E-state index in [1.807, 2.05) is 41.3 Å². The van der Waals surface area contributed by atoms with Crippen LogP contribution in [0.3, 0.4) is 0 Å². The van der Waals surface area contributed by atoms with Crippen molar-refractivity contribution in [3.05, 3.63) is 42.0 Å². The van der Waals surface area contributed by atoms with Gasteiger partial charge in [-0.3, -0.25) is 4.79 Å². The van der Waals surface area contributed by atoms with E-state index in [4.69, 9.17) is 0 Å². The molecule has 0 N–H and O–H groups in total. The molecule has 1 fully saturated rings. The van der Waals surface area contributed by atoms with Crippen LogP contribution in [0.25, 0.3) is 6.08 Å². The number of carbonyl (C=O) groups excluding carboxylic acids is 1. The number of hydrogen-bond donors (Lipinski definition) is 0. The van der Waals surface area contributed by atoms with Gasteiger partial charge in [-0.1, -0.05) is 30.3 Å². The first-order valence-electron chi connectivity index (χ1n) is 5.96. The largest absolute Gasteiger partial charge is 1.00 e. The second-order valence-corrected chi connectivity index (χ2v) is 4.37. The Hall–Kier alpha value is -1.32. The first-order chi connectivity index (χ1) is 8.25. The molecule has 18 heavy (non-hydrogen) atoms. The summed E-state index contributed by atoms with van der Waals surface area (Å²) in [5, 5.41) is 0. The third kappa shape index (κ3) is 4.17. The molecule has 0 bridgehead atoms. The van der Waals surface area contributed by atoms with E-state index in [1.165, 1.54) is 0 Å². The molecule has 0 atom stereocenters. The van der Waals surface area contributed by atoms with Gasteiger partial charge in [0.05, 0.1) is 0 Å². The van der Waals surface area contributed by atoms with Crippen LogP contribution in [0.4, 0.5) is 0 Å². The second kappa shape index (κ2) is 7.19. The van der Waals surface area contributed by atoms with E-state index < -0.39 is 0 Å². The number of benzene rings is 1. The molecule has 0 saturated carbocycles. The zero-order valence-electron chi connectivity index (χ0n) is 10.6. The standard InChI is InChI=1S/C14H18N2O.ClH/c1-15-9-11-16(12-10-15)14(17)8-7-13-5-3-2-4-6-13;/h2-8H,9-12H2,1H3;1H/p-1/b8-7+;. The predicted molar refractivity (Wildman–Crippen MR) is 69.6 cm³/mol. The van der Waals surface area contributed by atoms with Crippen molar-refractivity contribution in [2.24, 2.45) is 0 Å². The Bertz CT molecular complexity index is 398. The van der Waals surface area contributed by atoms with Crippen LogP contribution in [0, 0.1) is 0 Å². The lowest BCUT2D eigenvalue weighted by molar-refractivity contribution is -0.127. The fourth-order valence-electron chi connectivity index (χ4n) is 1.86. The Balaban J connectivity index is 0.00000162. The van der Waals surface area contributed by atoms with E-state index in [0.29, 0.717) is 0 Å². The summed E-state index contributed by atoms with van der Waals surface area (Å²) < 4.78 is 0. The van der Waals surface area contributed by atoms with Crippen LogP contribution in [0.1, 0.15) is 5.56 Å². The second-order valence-electron chi connectivity index (χ2n) is 4.37. The highest BCUT2D eigenvalue weighted by molar-refractivity contribution is 5.91. The molecule has 0 unspecified atom stereocenters. The average Bonchev–Trinajstić information content (AvgIpc) is 2.38. The van der Waals surface area contributed by atoms with Gasteiger partial charge in [0, 0.05) is 32.3 Å². The average molecular weight is 266 g/mol. The Kier molecular flexibility index (Phi) is 5.89. The molecule has 0 radical (unpaired) electrons. The number of rotatable bonds is 2. The van der Waals surface area contributed by atoms with Crippen molar-refractivity contribution in [2.45, 2.75) is 0 Å². The van der Waals surface area contributed by atoms with Crippen molar-refractivity contribution in [3.63, 3.8) is 0 Å². The fourth-order valence-corrected chi connectivity index (χ4v) is 1.86. The summed E-state index contributed by atoms with van der Waals surface area (Å²) in [4.78, 5) is 16.0. The summed E-state index contributed by atoms with van der Waals surface area (Å²) in [7, 11) is 2.08. The van der Waals surface area contributed by atoms with E-state index >= 15 is 0 Å². The van der Waals surface area contributed by atoms with Crippen molar-refractivity contribution in [3.8, 4) is 0 Å². The minimum atomic E-state index is 0. The van der Waals surface area contributed by atoms with Gasteiger partial charge >= 0.3 is 0 Å². The number of piperazine rings is 1. The lowest BCUT2D eigenvalue weighted by Gasteiger charge is -2.31. The number of hydrogen-bond acceptors (Lipinski definition) is 2. The van der Waals surface area contributed by atoms with E-state index in [0.717, 1.165) is 31.7 Å². The zero-order chi connectivity index (χ0) is 12.1. The zero-order valence-corrected chi connectivity index (χ0v) is 11.3. The van der Waals surface area contributed by atoms with Crippen molar-refractivity contribution >= 4 is 12.0 Å². The number of nitrogens with zero attached hydrogens (tertiary/aromatic N) is 2. The van der Waals surface area contributed by atoms with Crippen LogP contribution in [-0.4, -0.2) is 48.9 Å². The summed E-state index contributed by atoms with van der Waals surface area (Å²) in [6, 6.07) is 9.90. The van der Waals surface area contributed by atoms with Crippen molar-refractivity contribution in [1.29, 1.82) is 0 Å². The molecule has 0 aliphatic carbocycles. The highest BCUT2D eigenvalue weighted by Gasteiger charge is 2.16. The van der Waals surface area contributed by atoms with Gasteiger partial charge in [-0.25, -0.2) is 0 Å². The molecule has 1 heterocycles. The number of carbonyl (C=O) groups is 1. The first kappa shape index (κ1) is 14.7. The van der Waals surface area contributed by atoms with E-state index in [1.54, 1.807) is 6.08 Å². The molecule has 1 saturated heterocycles. The first-order valence-corrected chi connectivity index (χ1v) is 5.96. The van der Waals surface area contributed by atoms with Gasteiger partial charge < -0.3 is 22.2 Å². The number of halogens is 1. The van der Waals surface area contributed by atoms with Gasteiger partial charge in [0.15, 0.2) is 0 Å². The van der Waals surface area contributed by atoms with Crippen LogP contribution in [-0.2, 0) is 4.79 Å². The fraction of sp³-hybridized carbons (Fsp3) is 0.357. The quantitative estimate of drug-likeness (QED) is 0.607. The van der Waals surface area contributed by atoms with Gasteiger partial charge in [0.2, 0.25) is 5.91 Å². The van der Waals surface area contributed by atoms with Crippen molar-refractivity contribution < 1.29 is 17.2 Å². The number of likely N-dealkylation sites (N-methyl/N-ethyl adjacent to an activating group) is 1. The Morgan fingerprint density at radius 1 is 1.11 bits per heavy atom. The summed E-state index contributed by atoms with van der Waals surface area (Å²) in [6.45, 7) is 3.58. The van der Waals surface area contributed by atoms with Crippen LogP contribution in [0.2, 0.25) is 0 Å². The van der Waals surface area contributed by atoms with Crippen LogP contribution in [0.15, 0.2) is 36.4 Å². The minimum absolute atomic E-state index is 0. The summed E-state index contributed by atoms with van der Waals surface area (Å²) in [5.41, 5.74) is 1.06. The Morgan fingerprint density at radius 2 is 1.72 bits per heavy atom. The molecule has 1 aliphatic heterocycles. The normalized spacial score (nSPS) is 16.6. The molecule has 0 aromatic heterocycles. The van der Waals surface area contributed by atoms with Crippen molar-refractivity contribution in [1.82, 2.24) is 9.80 Å². The predicted octanol–water partition coefficient (Wildman–Crippen LogP) is -1.52. The number of amides is 1. The third-order valence-corrected chi connectivity index (χ3v) is 3.03. The molecular weight excluding hydrogens is 248 g/mol. The molecule has 4 heteroatoms. The molecular formula is C14H18ClN2O-. The molecule has 1 aliphatic rings. The maximum Gasteiger partial charge on any atom is 0.246 e. The SMILES string of the molecule is CN1CCN(C(=O)/C=C/c2ccccc2)CC1.[Cl-]. The lowest BCUT2D eigenvalue weighted by Crippen LogP contribution is -3.00. The molecule has 98 valence electrons. The van der Waals surface area contributed by atoms with Gasteiger partial charge in [0.1, 0.15) is 0 Å². The summed E-state index contributed by atoms with van der Waals surface area (Å²) >= 11 is 0. The maximum absolute atomic E-state index is 11.9. The highest BCUT2D eigenvalue weighted by Crippen LogP contribution is 2.04. The van der Waals surface area contributed by atoms with Crippen LogP contribution >= 0.6 is 0 Å². The smallest absolute Gasteiger partial charge is 0.246 e. The Morgan fingerprint density at radius 3 is 2.33 bits per heavy atom. The third-order valence-electron chi connectivity index (χ3n) is 3.03. The molecule has 3 nitrogen and oxygen atoms in total. The summed E-state index contributed by atoms with van der Waals surface area (Å²) in [6.07, 6.45) is 3.54. The van der Waals surface area contributed by atoms with Gasteiger partial charge in [-0.05, 0) is 18.7 Å². The van der Waals surface area contributed by atoms with Crippen LogP contribution < -0.4 is 12.4 Å². The monoisotopic (exact) mass is 265 g/mol. The Labute approximate surface area is 114 Å². The minimum Gasteiger partial charge on any atom is -1.00 e. The topological polar surface area (TPSA) is 23.6 Å². The molecule has 1 aromatic rings. The van der Waals surface area contributed by atoms with Crippen molar-refractivity contribution in [2.75, 3.05) is 33.2 Å². The molecule has 1 aromatic carbocycles. The molecule has 1 amide bonds.